The predicted octanol–water partition coefficient (Wildman–Crippen LogP) is 1.32. The summed E-state index contributed by atoms with van der Waals surface area (Å²) in [4.78, 5) is 29.6. The van der Waals surface area contributed by atoms with Crippen LogP contribution in [0, 0.1) is 6.92 Å². The van der Waals surface area contributed by atoms with Gasteiger partial charge in [0.25, 0.3) is 0 Å². The van der Waals surface area contributed by atoms with Crippen LogP contribution in [0.2, 0.25) is 0 Å². The fraction of sp³-hybridized carbons (Fsp3) is 0.391. The van der Waals surface area contributed by atoms with Gasteiger partial charge in [-0.15, -0.1) is 0 Å². The van der Waals surface area contributed by atoms with Crippen LogP contribution in [-0.2, 0) is 27.7 Å². The third-order valence-corrected chi connectivity index (χ3v) is 8.68. The molecule has 0 atom stereocenters. The molecule has 2 aromatic heterocycles. The van der Waals surface area contributed by atoms with E-state index in [1.807, 2.05) is 28.7 Å². The molecule has 0 spiro atoms. The van der Waals surface area contributed by atoms with E-state index < -0.39 is 10.0 Å². The number of imidazole rings is 1. The molecule has 0 radical (unpaired) electrons. The van der Waals surface area contributed by atoms with Gasteiger partial charge in [0.05, 0.1) is 10.6 Å². The monoisotopic (exact) mass is 479 g/mol. The number of benzene rings is 1. The van der Waals surface area contributed by atoms with Gasteiger partial charge in [-0.1, -0.05) is 0 Å². The smallest absolute Gasteiger partial charge is 0.243 e. The molecule has 0 saturated carbocycles. The van der Waals surface area contributed by atoms with E-state index in [0.717, 1.165) is 28.5 Å². The van der Waals surface area contributed by atoms with Crippen molar-refractivity contribution in [2.75, 3.05) is 42.5 Å². The van der Waals surface area contributed by atoms with Gasteiger partial charge in [-0.3, -0.25) is 9.36 Å². The lowest BCUT2D eigenvalue weighted by atomic mass is 10.00. The Balaban J connectivity index is 1.22. The van der Waals surface area contributed by atoms with Crippen molar-refractivity contribution in [3.8, 4) is 5.82 Å². The normalized spacial score (nSPS) is 18.4. The van der Waals surface area contributed by atoms with Crippen molar-refractivity contribution >= 4 is 27.4 Å². The van der Waals surface area contributed by atoms with E-state index in [1.54, 1.807) is 29.0 Å². The van der Waals surface area contributed by atoms with Crippen molar-refractivity contribution in [1.82, 2.24) is 23.8 Å². The SMILES string of the molecule is Cc1nc(N2CCN(S(=O)(=O)c3cc4c5c(c3)CCN5C(=O)CC4)CC2)cc(-n2ccnc2)n1. The van der Waals surface area contributed by atoms with Gasteiger partial charge in [-0.25, -0.2) is 23.4 Å². The minimum absolute atomic E-state index is 0.133. The molecule has 0 bridgehead atoms. The van der Waals surface area contributed by atoms with Crippen LogP contribution in [0.25, 0.3) is 5.82 Å². The van der Waals surface area contributed by atoms with E-state index in [9.17, 15) is 13.2 Å². The molecule has 11 heteroatoms. The van der Waals surface area contributed by atoms with Crippen LogP contribution in [0.4, 0.5) is 11.5 Å². The summed E-state index contributed by atoms with van der Waals surface area (Å²) in [6, 6.07) is 5.44. The lowest BCUT2D eigenvalue weighted by molar-refractivity contribution is -0.118. The quantitative estimate of drug-likeness (QED) is 0.556. The zero-order valence-corrected chi connectivity index (χ0v) is 19.7. The lowest BCUT2D eigenvalue weighted by Gasteiger charge is -2.35. The summed E-state index contributed by atoms with van der Waals surface area (Å²) in [6.45, 7) is 4.33. The number of carbonyl (C=O) groups is 1. The number of piperazine rings is 1. The zero-order valence-electron chi connectivity index (χ0n) is 18.9. The van der Waals surface area contributed by atoms with Crippen molar-refractivity contribution < 1.29 is 13.2 Å². The van der Waals surface area contributed by atoms with Gasteiger partial charge < -0.3 is 9.80 Å². The number of amides is 1. The minimum Gasteiger partial charge on any atom is -0.354 e. The number of nitrogens with zero attached hydrogens (tertiary/aromatic N) is 7. The first kappa shape index (κ1) is 21.2. The first-order valence-electron chi connectivity index (χ1n) is 11.5. The fourth-order valence-corrected chi connectivity index (χ4v) is 6.63. The molecule has 0 aliphatic carbocycles. The molecule has 3 aromatic rings. The fourth-order valence-electron chi connectivity index (χ4n) is 5.11. The summed E-state index contributed by atoms with van der Waals surface area (Å²) in [6.07, 6.45) is 6.96. The summed E-state index contributed by atoms with van der Waals surface area (Å²) in [5.41, 5.74) is 2.87. The van der Waals surface area contributed by atoms with Gasteiger partial charge in [0.1, 0.15) is 23.8 Å². The maximum absolute atomic E-state index is 13.5. The second-order valence-electron chi connectivity index (χ2n) is 8.88. The topological polar surface area (TPSA) is 105 Å². The molecule has 3 aliphatic rings. The van der Waals surface area contributed by atoms with Gasteiger partial charge in [0.2, 0.25) is 15.9 Å². The number of carbonyl (C=O) groups excluding carboxylic acids is 1. The summed E-state index contributed by atoms with van der Waals surface area (Å²) >= 11 is 0. The first-order valence-corrected chi connectivity index (χ1v) is 12.9. The Hall–Kier alpha value is -3.31. The van der Waals surface area contributed by atoms with E-state index in [1.165, 1.54) is 0 Å². The third kappa shape index (κ3) is 3.46. The van der Waals surface area contributed by atoms with Crippen LogP contribution in [0.1, 0.15) is 23.4 Å². The molecule has 1 fully saturated rings. The van der Waals surface area contributed by atoms with Crippen LogP contribution in [0.5, 0.6) is 0 Å². The Labute approximate surface area is 197 Å². The van der Waals surface area contributed by atoms with Gasteiger partial charge in [-0.05, 0) is 43.0 Å². The Morgan fingerprint density at radius 3 is 2.35 bits per heavy atom. The molecule has 10 nitrogen and oxygen atoms in total. The number of hydrogen-bond donors (Lipinski definition) is 0. The lowest BCUT2D eigenvalue weighted by Crippen LogP contribution is -2.49. The maximum atomic E-state index is 13.5. The number of anilines is 2. The van der Waals surface area contributed by atoms with E-state index in [2.05, 4.69) is 19.9 Å². The van der Waals surface area contributed by atoms with Crippen LogP contribution >= 0.6 is 0 Å². The van der Waals surface area contributed by atoms with E-state index >= 15 is 0 Å². The molecular weight excluding hydrogens is 454 g/mol. The van der Waals surface area contributed by atoms with Crippen molar-refractivity contribution in [2.24, 2.45) is 0 Å². The average Bonchev–Trinajstić information content (AvgIpc) is 3.52. The van der Waals surface area contributed by atoms with Gasteiger partial charge >= 0.3 is 0 Å². The van der Waals surface area contributed by atoms with Crippen LogP contribution < -0.4 is 9.80 Å². The molecule has 34 heavy (non-hydrogen) atoms. The molecule has 1 amide bonds. The van der Waals surface area contributed by atoms with Crippen molar-refractivity contribution in [1.29, 1.82) is 0 Å². The largest absolute Gasteiger partial charge is 0.354 e. The standard InChI is InChI=1S/C23H25N7O3S/c1-16-25-20(14-21(26-16)28-7-5-24-15-28)27-8-10-29(11-9-27)34(32,33)19-12-17-2-3-22(31)30-6-4-18(13-19)23(17)30/h5,7,12-15H,2-4,6,8-11H2,1H3. The molecular formula is C23H25N7O3S. The van der Waals surface area contributed by atoms with Crippen LogP contribution in [-0.4, -0.2) is 70.9 Å². The number of hydrogen-bond acceptors (Lipinski definition) is 7. The van der Waals surface area contributed by atoms with Crippen LogP contribution in [0.15, 0.2) is 41.8 Å². The molecule has 1 saturated heterocycles. The molecule has 0 N–H and O–H groups in total. The second kappa shape index (κ2) is 7.88. The highest BCUT2D eigenvalue weighted by Gasteiger charge is 2.35. The molecule has 176 valence electrons. The number of aryl methyl sites for hydroxylation is 2. The Morgan fingerprint density at radius 2 is 1.62 bits per heavy atom. The molecule has 6 rings (SSSR count). The van der Waals surface area contributed by atoms with Crippen molar-refractivity contribution in [3.05, 3.63) is 53.9 Å². The zero-order chi connectivity index (χ0) is 23.4. The molecule has 5 heterocycles. The average molecular weight is 480 g/mol. The Bertz CT molecular complexity index is 1380. The minimum atomic E-state index is -3.62. The van der Waals surface area contributed by atoms with Crippen molar-refractivity contribution in [3.63, 3.8) is 0 Å². The number of sulfonamides is 1. The Morgan fingerprint density at radius 1 is 0.882 bits per heavy atom. The highest BCUT2D eigenvalue weighted by Crippen LogP contribution is 2.39. The Kier molecular flexibility index (Phi) is 4.92. The van der Waals surface area contributed by atoms with E-state index in [4.69, 9.17) is 0 Å². The molecule has 1 aromatic carbocycles. The van der Waals surface area contributed by atoms with Gasteiger partial charge in [-0.2, -0.15) is 4.31 Å². The number of aromatic nitrogens is 4. The van der Waals surface area contributed by atoms with Crippen molar-refractivity contribution in [2.45, 2.75) is 31.1 Å². The molecule has 0 unspecified atom stereocenters. The third-order valence-electron chi connectivity index (χ3n) is 6.81. The van der Waals surface area contributed by atoms with Gasteiger partial charge in [0, 0.05) is 57.6 Å². The first-order chi connectivity index (χ1) is 16.4. The summed E-state index contributed by atoms with van der Waals surface area (Å²) in [7, 11) is -3.62. The maximum Gasteiger partial charge on any atom is 0.243 e. The summed E-state index contributed by atoms with van der Waals surface area (Å²) < 4.78 is 30.4. The van der Waals surface area contributed by atoms with E-state index in [-0.39, 0.29) is 5.91 Å². The second-order valence-corrected chi connectivity index (χ2v) is 10.8. The highest BCUT2D eigenvalue weighted by atomic mass is 32.2. The summed E-state index contributed by atoms with van der Waals surface area (Å²) in [5, 5.41) is 0. The van der Waals surface area contributed by atoms with E-state index in [0.29, 0.717) is 62.7 Å². The molecule has 3 aliphatic heterocycles. The predicted molar refractivity (Wildman–Crippen MR) is 126 cm³/mol. The highest BCUT2D eigenvalue weighted by molar-refractivity contribution is 7.89. The number of rotatable bonds is 4. The van der Waals surface area contributed by atoms with Crippen LogP contribution in [0.3, 0.4) is 0 Å². The van der Waals surface area contributed by atoms with Gasteiger partial charge in [0.15, 0.2) is 0 Å². The summed E-state index contributed by atoms with van der Waals surface area (Å²) in [5.74, 6) is 2.29.